The number of aromatic nitrogens is 4. The lowest BCUT2D eigenvalue weighted by molar-refractivity contribution is 0.0633. The zero-order chi connectivity index (χ0) is 10.0. The minimum atomic E-state index is -0.461. The first-order valence-electron chi connectivity index (χ1n) is 4.43. The number of aromatic amines is 1. The van der Waals surface area contributed by atoms with Gasteiger partial charge in [0.1, 0.15) is 0 Å². The second kappa shape index (κ2) is 3.33. The van der Waals surface area contributed by atoms with Crippen LogP contribution in [0.15, 0.2) is 0 Å². The van der Waals surface area contributed by atoms with Crippen LogP contribution in [0.1, 0.15) is 29.9 Å². The van der Waals surface area contributed by atoms with Crippen molar-refractivity contribution < 1.29 is 9.90 Å². The van der Waals surface area contributed by atoms with Crippen molar-refractivity contribution in [3.8, 4) is 0 Å². The molecule has 0 saturated heterocycles. The van der Waals surface area contributed by atoms with Crippen LogP contribution in [0, 0.1) is 0 Å². The number of tetrazole rings is 1. The van der Waals surface area contributed by atoms with Gasteiger partial charge in [-0.1, -0.05) is 0 Å². The van der Waals surface area contributed by atoms with E-state index < -0.39 is 11.4 Å². The van der Waals surface area contributed by atoms with Crippen LogP contribution in [0.3, 0.4) is 0 Å². The van der Waals surface area contributed by atoms with Gasteiger partial charge in [0, 0.05) is 0 Å². The van der Waals surface area contributed by atoms with Gasteiger partial charge in [-0.05, 0) is 24.5 Å². The molecule has 0 bridgehead atoms. The first kappa shape index (κ1) is 9.07. The molecule has 1 saturated carbocycles. The molecule has 0 atom stereocenters. The third-order valence-electron chi connectivity index (χ3n) is 2.54. The first-order valence-corrected chi connectivity index (χ1v) is 4.43. The molecule has 1 fully saturated rings. The van der Waals surface area contributed by atoms with Crippen LogP contribution in [0.2, 0.25) is 0 Å². The standard InChI is InChI=1S/C7H11N5O2/c13-4-7(2-1-3-7)8-6(14)5-9-11-12-10-5/h13H,1-4H2,(H,8,14)(H,9,10,11,12). The lowest BCUT2D eigenvalue weighted by Crippen LogP contribution is -2.56. The fourth-order valence-electron chi connectivity index (χ4n) is 1.48. The fraction of sp³-hybridized carbons (Fsp3) is 0.714. The lowest BCUT2D eigenvalue weighted by Gasteiger charge is -2.40. The highest BCUT2D eigenvalue weighted by molar-refractivity contribution is 5.90. The molecule has 0 spiro atoms. The molecule has 0 aliphatic heterocycles. The zero-order valence-electron chi connectivity index (χ0n) is 7.53. The maximum absolute atomic E-state index is 11.5. The lowest BCUT2D eigenvalue weighted by atomic mass is 9.77. The molecule has 3 N–H and O–H groups in total. The quantitative estimate of drug-likeness (QED) is 0.567. The van der Waals surface area contributed by atoms with Gasteiger partial charge in [-0.25, -0.2) is 0 Å². The number of carbonyl (C=O) groups is 1. The van der Waals surface area contributed by atoms with Gasteiger partial charge >= 0.3 is 0 Å². The normalized spacial score (nSPS) is 18.6. The number of hydrogen-bond acceptors (Lipinski definition) is 5. The van der Waals surface area contributed by atoms with Crippen molar-refractivity contribution in [1.29, 1.82) is 0 Å². The maximum Gasteiger partial charge on any atom is 0.293 e. The number of amides is 1. The number of hydrogen-bond donors (Lipinski definition) is 3. The Labute approximate surface area is 79.9 Å². The van der Waals surface area contributed by atoms with E-state index in [-0.39, 0.29) is 12.4 Å². The Balaban J connectivity index is 2.01. The summed E-state index contributed by atoms with van der Waals surface area (Å²) in [5.41, 5.74) is -0.461. The molecular formula is C7H11N5O2. The molecule has 1 aromatic heterocycles. The van der Waals surface area contributed by atoms with E-state index in [0.717, 1.165) is 19.3 Å². The molecule has 1 amide bonds. The molecule has 0 aromatic carbocycles. The van der Waals surface area contributed by atoms with E-state index in [2.05, 4.69) is 25.9 Å². The van der Waals surface area contributed by atoms with Crippen molar-refractivity contribution in [2.45, 2.75) is 24.8 Å². The summed E-state index contributed by atoms with van der Waals surface area (Å²) >= 11 is 0. The molecule has 1 aliphatic carbocycles. The van der Waals surface area contributed by atoms with Crippen molar-refractivity contribution in [3.63, 3.8) is 0 Å². The molecule has 1 aromatic rings. The summed E-state index contributed by atoms with van der Waals surface area (Å²) in [4.78, 5) is 11.5. The predicted molar refractivity (Wildman–Crippen MR) is 45.3 cm³/mol. The summed E-state index contributed by atoms with van der Waals surface area (Å²) in [6, 6.07) is 0. The van der Waals surface area contributed by atoms with Crippen LogP contribution in [-0.4, -0.2) is 43.8 Å². The SMILES string of the molecule is O=C(NC1(CO)CCC1)c1nn[nH]n1. The minimum Gasteiger partial charge on any atom is -0.394 e. The van der Waals surface area contributed by atoms with Gasteiger partial charge in [-0.2, -0.15) is 5.21 Å². The van der Waals surface area contributed by atoms with E-state index in [1.165, 1.54) is 0 Å². The van der Waals surface area contributed by atoms with Crippen molar-refractivity contribution in [1.82, 2.24) is 25.9 Å². The Morgan fingerprint density at radius 1 is 1.64 bits per heavy atom. The molecule has 2 rings (SSSR count). The maximum atomic E-state index is 11.5. The highest BCUT2D eigenvalue weighted by atomic mass is 16.3. The van der Waals surface area contributed by atoms with Gasteiger partial charge in [-0.15, -0.1) is 10.2 Å². The van der Waals surface area contributed by atoms with Crippen molar-refractivity contribution in [2.24, 2.45) is 0 Å². The zero-order valence-corrected chi connectivity index (χ0v) is 7.53. The molecular weight excluding hydrogens is 186 g/mol. The van der Waals surface area contributed by atoms with E-state index in [9.17, 15) is 4.79 Å². The van der Waals surface area contributed by atoms with Gasteiger partial charge in [-0.3, -0.25) is 4.79 Å². The molecule has 7 nitrogen and oxygen atoms in total. The summed E-state index contributed by atoms with van der Waals surface area (Å²) in [5, 5.41) is 24.4. The van der Waals surface area contributed by atoms with Crippen LogP contribution < -0.4 is 5.32 Å². The third-order valence-corrected chi connectivity index (χ3v) is 2.54. The van der Waals surface area contributed by atoms with Crippen LogP contribution in [0.25, 0.3) is 0 Å². The van der Waals surface area contributed by atoms with E-state index in [0.29, 0.717) is 0 Å². The number of aliphatic hydroxyl groups is 1. The van der Waals surface area contributed by atoms with E-state index in [1.807, 2.05) is 0 Å². The predicted octanol–water partition coefficient (Wildman–Crippen LogP) is -1.16. The Bertz CT molecular complexity index is 313. The van der Waals surface area contributed by atoms with Gasteiger partial charge in [0.2, 0.25) is 0 Å². The van der Waals surface area contributed by atoms with Crippen LogP contribution in [0.4, 0.5) is 0 Å². The number of rotatable bonds is 3. The summed E-state index contributed by atoms with van der Waals surface area (Å²) < 4.78 is 0. The molecule has 7 heteroatoms. The van der Waals surface area contributed by atoms with E-state index >= 15 is 0 Å². The third kappa shape index (κ3) is 1.46. The molecule has 0 unspecified atom stereocenters. The Morgan fingerprint density at radius 2 is 2.43 bits per heavy atom. The summed E-state index contributed by atoms with van der Waals surface area (Å²) in [6.45, 7) is -0.0450. The number of H-pyrrole nitrogens is 1. The molecule has 14 heavy (non-hydrogen) atoms. The highest BCUT2D eigenvalue weighted by Crippen LogP contribution is 2.31. The van der Waals surface area contributed by atoms with Crippen LogP contribution in [0.5, 0.6) is 0 Å². The Kier molecular flexibility index (Phi) is 2.16. The largest absolute Gasteiger partial charge is 0.394 e. The second-order valence-corrected chi connectivity index (χ2v) is 3.48. The van der Waals surface area contributed by atoms with Crippen molar-refractivity contribution in [2.75, 3.05) is 6.61 Å². The van der Waals surface area contributed by atoms with Gasteiger partial charge in [0.05, 0.1) is 12.1 Å². The van der Waals surface area contributed by atoms with Crippen LogP contribution in [-0.2, 0) is 0 Å². The number of nitrogens with zero attached hydrogens (tertiary/aromatic N) is 3. The second-order valence-electron chi connectivity index (χ2n) is 3.48. The topological polar surface area (TPSA) is 104 Å². The summed E-state index contributed by atoms with van der Waals surface area (Å²) in [5.74, 6) is -0.391. The Hall–Kier alpha value is -1.50. The number of aliphatic hydroxyl groups excluding tert-OH is 1. The average Bonchev–Trinajstić information content (AvgIpc) is 2.63. The summed E-state index contributed by atoms with van der Waals surface area (Å²) in [7, 11) is 0. The van der Waals surface area contributed by atoms with Crippen molar-refractivity contribution >= 4 is 5.91 Å². The van der Waals surface area contributed by atoms with Gasteiger partial charge in [0.15, 0.2) is 0 Å². The molecule has 76 valence electrons. The summed E-state index contributed by atoms with van der Waals surface area (Å²) in [6.07, 6.45) is 2.62. The Morgan fingerprint density at radius 3 is 2.86 bits per heavy atom. The first-order chi connectivity index (χ1) is 6.76. The van der Waals surface area contributed by atoms with Crippen molar-refractivity contribution in [3.05, 3.63) is 5.82 Å². The molecule has 1 aliphatic rings. The smallest absolute Gasteiger partial charge is 0.293 e. The monoisotopic (exact) mass is 197 g/mol. The minimum absolute atomic E-state index is 0.00438. The molecule has 1 heterocycles. The van der Waals surface area contributed by atoms with E-state index in [1.54, 1.807) is 0 Å². The van der Waals surface area contributed by atoms with Gasteiger partial charge < -0.3 is 10.4 Å². The molecule has 0 radical (unpaired) electrons. The fourth-order valence-corrected chi connectivity index (χ4v) is 1.48. The van der Waals surface area contributed by atoms with Gasteiger partial charge in [0.25, 0.3) is 11.7 Å². The highest BCUT2D eigenvalue weighted by Gasteiger charge is 2.38. The van der Waals surface area contributed by atoms with Crippen LogP contribution >= 0.6 is 0 Å². The van der Waals surface area contributed by atoms with E-state index in [4.69, 9.17) is 5.11 Å². The number of nitrogens with one attached hydrogen (secondary N) is 2. The average molecular weight is 197 g/mol. The number of carbonyl (C=O) groups excluding carboxylic acids is 1.